The molecular formula is C24H19BrCl2N2O4. The summed E-state index contributed by atoms with van der Waals surface area (Å²) in [4.78, 5) is 53.0. The number of hydrogen-bond acceptors (Lipinski definition) is 4. The van der Waals surface area contributed by atoms with Crippen LogP contribution in [0.5, 0.6) is 0 Å². The number of ketones is 1. The van der Waals surface area contributed by atoms with Gasteiger partial charge in [-0.25, -0.2) is 5.01 Å². The molecule has 0 radical (unpaired) electrons. The summed E-state index contributed by atoms with van der Waals surface area (Å²) in [5.74, 6) is -3.16. The lowest BCUT2D eigenvalue weighted by atomic mass is 9.82. The third kappa shape index (κ3) is 4.63. The van der Waals surface area contributed by atoms with Crippen LogP contribution in [-0.4, -0.2) is 40.1 Å². The van der Waals surface area contributed by atoms with Crippen LogP contribution in [0.3, 0.4) is 0 Å². The first-order chi connectivity index (χ1) is 15.7. The molecule has 3 amide bonds. The third-order valence-corrected chi connectivity index (χ3v) is 7.17. The van der Waals surface area contributed by atoms with Crippen LogP contribution in [0.2, 0.25) is 10.0 Å². The molecule has 9 heteroatoms. The van der Waals surface area contributed by atoms with Gasteiger partial charge in [0.2, 0.25) is 0 Å². The van der Waals surface area contributed by atoms with E-state index in [0.29, 0.717) is 18.4 Å². The van der Waals surface area contributed by atoms with E-state index in [2.05, 4.69) is 15.9 Å². The number of imide groups is 1. The van der Waals surface area contributed by atoms with Gasteiger partial charge in [-0.3, -0.25) is 19.2 Å². The van der Waals surface area contributed by atoms with E-state index in [-0.39, 0.29) is 15.6 Å². The summed E-state index contributed by atoms with van der Waals surface area (Å²) in [5, 5.41) is 2.19. The van der Waals surface area contributed by atoms with Crippen molar-refractivity contribution >= 4 is 62.6 Å². The molecule has 0 N–H and O–H groups in total. The molecule has 1 saturated heterocycles. The fraction of sp³-hybridized carbons (Fsp3) is 0.250. The number of nitrogens with zero attached hydrogens (tertiary/aromatic N) is 2. The number of fused-ring (bicyclic) bond motifs is 1. The Bertz CT molecular complexity index is 1200. The Morgan fingerprint density at radius 3 is 2.30 bits per heavy atom. The maximum absolute atomic E-state index is 13.5. The molecule has 2 aliphatic rings. The summed E-state index contributed by atoms with van der Waals surface area (Å²) >= 11 is 15.4. The van der Waals surface area contributed by atoms with Gasteiger partial charge in [-0.1, -0.05) is 62.9 Å². The molecule has 0 bridgehead atoms. The monoisotopic (exact) mass is 548 g/mol. The van der Waals surface area contributed by atoms with E-state index in [4.69, 9.17) is 23.2 Å². The van der Waals surface area contributed by atoms with Gasteiger partial charge in [0, 0.05) is 15.6 Å². The summed E-state index contributed by atoms with van der Waals surface area (Å²) in [7, 11) is 0. The minimum Gasteiger partial charge on any atom is -0.292 e. The Hall–Kier alpha value is -2.48. The molecule has 2 aromatic carbocycles. The van der Waals surface area contributed by atoms with Gasteiger partial charge in [0.15, 0.2) is 5.78 Å². The lowest BCUT2D eigenvalue weighted by Crippen LogP contribution is -2.52. The fourth-order valence-corrected chi connectivity index (χ4v) is 4.69. The Balaban J connectivity index is 1.71. The maximum Gasteiger partial charge on any atom is 0.273 e. The van der Waals surface area contributed by atoms with Crippen LogP contribution >= 0.6 is 39.1 Å². The number of amides is 3. The number of halogens is 3. The average molecular weight is 550 g/mol. The van der Waals surface area contributed by atoms with Crippen LogP contribution < -0.4 is 0 Å². The highest BCUT2D eigenvalue weighted by molar-refractivity contribution is 9.10. The smallest absolute Gasteiger partial charge is 0.273 e. The molecule has 1 fully saturated rings. The first-order valence-corrected chi connectivity index (χ1v) is 11.8. The van der Waals surface area contributed by atoms with Crippen molar-refractivity contribution in [1.29, 1.82) is 0 Å². The van der Waals surface area contributed by atoms with Gasteiger partial charge >= 0.3 is 0 Å². The van der Waals surface area contributed by atoms with Crippen molar-refractivity contribution in [2.75, 3.05) is 6.54 Å². The van der Waals surface area contributed by atoms with Gasteiger partial charge in [-0.15, -0.1) is 0 Å². The minimum atomic E-state index is -0.691. The largest absolute Gasteiger partial charge is 0.292 e. The van der Waals surface area contributed by atoms with Gasteiger partial charge in [0.25, 0.3) is 17.7 Å². The van der Waals surface area contributed by atoms with E-state index in [1.54, 1.807) is 24.3 Å². The number of Topliss-reactive ketones (excluding diaryl/α,β-unsaturated/α-hetero) is 1. The van der Waals surface area contributed by atoms with Crippen molar-refractivity contribution < 1.29 is 19.2 Å². The Labute approximate surface area is 209 Å². The Morgan fingerprint density at radius 1 is 1.00 bits per heavy atom. The quantitative estimate of drug-likeness (QED) is 0.287. The highest BCUT2D eigenvalue weighted by Crippen LogP contribution is 2.38. The summed E-state index contributed by atoms with van der Waals surface area (Å²) in [5.41, 5.74) is 1.48. The molecular weight excluding hydrogens is 531 g/mol. The maximum atomic E-state index is 13.5. The molecule has 170 valence electrons. The molecule has 6 nitrogen and oxygen atoms in total. The first-order valence-electron chi connectivity index (χ1n) is 10.3. The average Bonchev–Trinajstić information content (AvgIpc) is 3.03. The molecule has 33 heavy (non-hydrogen) atoms. The van der Waals surface area contributed by atoms with Crippen molar-refractivity contribution in [2.24, 2.45) is 11.8 Å². The van der Waals surface area contributed by atoms with E-state index < -0.39 is 41.9 Å². The van der Waals surface area contributed by atoms with Crippen LogP contribution in [0.4, 0.5) is 0 Å². The van der Waals surface area contributed by atoms with Crippen LogP contribution in [0.25, 0.3) is 0 Å². The normalized spacial score (nSPS) is 19.9. The van der Waals surface area contributed by atoms with E-state index in [1.807, 2.05) is 13.0 Å². The highest BCUT2D eigenvalue weighted by Gasteiger charge is 2.51. The molecule has 4 rings (SSSR count). The lowest BCUT2D eigenvalue weighted by Gasteiger charge is -2.30. The molecule has 1 aliphatic carbocycles. The molecule has 0 unspecified atom stereocenters. The molecule has 0 spiro atoms. The zero-order valence-corrected chi connectivity index (χ0v) is 20.7. The number of carbonyl (C=O) groups is 4. The van der Waals surface area contributed by atoms with Gasteiger partial charge in [-0.2, -0.15) is 5.01 Å². The zero-order chi connectivity index (χ0) is 23.9. The van der Waals surface area contributed by atoms with Gasteiger partial charge in [0.1, 0.15) is 6.54 Å². The van der Waals surface area contributed by atoms with E-state index in [1.165, 1.54) is 18.2 Å². The Morgan fingerprint density at radius 2 is 1.64 bits per heavy atom. The van der Waals surface area contributed by atoms with Gasteiger partial charge < -0.3 is 0 Å². The number of allylic oxidation sites excluding steroid dienone is 2. The van der Waals surface area contributed by atoms with Crippen LogP contribution in [0.1, 0.15) is 40.5 Å². The van der Waals surface area contributed by atoms with Crippen molar-refractivity contribution in [2.45, 2.75) is 19.8 Å². The summed E-state index contributed by atoms with van der Waals surface area (Å²) in [6.07, 6.45) is 2.81. The number of hydrogen-bond donors (Lipinski definition) is 0. The van der Waals surface area contributed by atoms with E-state index in [0.717, 1.165) is 20.1 Å². The molecule has 1 heterocycles. The van der Waals surface area contributed by atoms with Gasteiger partial charge in [-0.05, 0) is 50.1 Å². The standard InChI is InChI=1S/C24H19BrCl2N2O4/c1-13-2-8-17-18(10-13)24(33)29(23(17)32)28(12-21(30)14-3-6-16(25)7-4-14)22(31)15-5-9-19(26)20(27)11-15/h2-7,9,11,17-18H,8,10,12H2,1H3/t17-,18+/m0/s1. The second-order valence-electron chi connectivity index (χ2n) is 8.11. The fourth-order valence-electron chi connectivity index (χ4n) is 4.13. The summed E-state index contributed by atoms with van der Waals surface area (Å²) in [6.45, 7) is 1.43. The second-order valence-corrected chi connectivity index (χ2v) is 9.84. The molecule has 1 aliphatic heterocycles. The summed E-state index contributed by atoms with van der Waals surface area (Å²) < 4.78 is 0.791. The van der Waals surface area contributed by atoms with Crippen molar-refractivity contribution in [3.63, 3.8) is 0 Å². The number of carbonyl (C=O) groups excluding carboxylic acids is 4. The second kappa shape index (κ2) is 9.41. The highest BCUT2D eigenvalue weighted by atomic mass is 79.9. The number of rotatable bonds is 5. The molecule has 2 atom stereocenters. The SMILES string of the molecule is CC1=CC[C@@H]2C(=O)N(N(CC(=O)c3ccc(Br)cc3)C(=O)c3ccc(Cl)c(Cl)c3)C(=O)[C@@H]2C1. The number of benzene rings is 2. The lowest BCUT2D eigenvalue weighted by molar-refractivity contribution is -0.154. The van der Waals surface area contributed by atoms with E-state index >= 15 is 0 Å². The topological polar surface area (TPSA) is 74.8 Å². The predicted molar refractivity (Wildman–Crippen MR) is 128 cm³/mol. The minimum absolute atomic E-state index is 0.109. The van der Waals surface area contributed by atoms with E-state index in [9.17, 15) is 19.2 Å². The zero-order valence-electron chi connectivity index (χ0n) is 17.6. The molecule has 0 saturated carbocycles. The van der Waals surface area contributed by atoms with Crippen LogP contribution in [0, 0.1) is 11.8 Å². The number of hydrazine groups is 1. The first kappa shape index (κ1) is 23.7. The Kier molecular flexibility index (Phi) is 6.75. The van der Waals surface area contributed by atoms with Gasteiger partial charge in [0.05, 0.1) is 21.9 Å². The van der Waals surface area contributed by atoms with Crippen LogP contribution in [-0.2, 0) is 9.59 Å². The molecule has 2 aromatic rings. The molecule has 0 aromatic heterocycles. The predicted octanol–water partition coefficient (Wildman–Crippen LogP) is 5.34. The summed E-state index contributed by atoms with van der Waals surface area (Å²) in [6, 6.07) is 10.9. The van der Waals surface area contributed by atoms with Crippen molar-refractivity contribution in [3.8, 4) is 0 Å². The third-order valence-electron chi connectivity index (χ3n) is 5.90. The van der Waals surface area contributed by atoms with Crippen LogP contribution in [0.15, 0.2) is 58.6 Å². The van der Waals surface area contributed by atoms with Crippen molar-refractivity contribution in [1.82, 2.24) is 10.0 Å². The van der Waals surface area contributed by atoms with Crippen molar-refractivity contribution in [3.05, 3.63) is 79.8 Å².